The molecule has 1 fully saturated rings. The van der Waals surface area contributed by atoms with Crippen LogP contribution in [0.1, 0.15) is 18.1 Å². The van der Waals surface area contributed by atoms with E-state index in [4.69, 9.17) is 0 Å². The first-order valence-electron chi connectivity index (χ1n) is 7.97. The largest absolute Gasteiger partial charge is 0.392 e. The van der Waals surface area contributed by atoms with Crippen LogP contribution in [0.3, 0.4) is 0 Å². The van der Waals surface area contributed by atoms with Gasteiger partial charge in [-0.3, -0.25) is 25.1 Å². The number of nitrogens with zero attached hydrogens (tertiary/aromatic N) is 4. The van der Waals surface area contributed by atoms with Crippen LogP contribution in [-0.2, 0) is 6.61 Å². The zero-order chi connectivity index (χ0) is 18.7. The molecule has 0 bridgehead atoms. The van der Waals surface area contributed by atoms with Crippen molar-refractivity contribution >= 4 is 17.1 Å². The van der Waals surface area contributed by atoms with Crippen molar-refractivity contribution in [3.8, 4) is 0 Å². The zero-order valence-corrected chi connectivity index (χ0v) is 14.2. The minimum absolute atomic E-state index is 0.0126. The number of nitro benzene ring substituents is 2. The monoisotopic (exact) mass is 354 g/mol. The van der Waals surface area contributed by atoms with Gasteiger partial charge in [0.1, 0.15) is 0 Å². The second-order valence-electron chi connectivity index (χ2n) is 6.19. The summed E-state index contributed by atoms with van der Waals surface area (Å²) in [6.45, 7) is 4.99. The first kappa shape index (κ1) is 19.0. The third-order valence-electron chi connectivity index (χ3n) is 4.38. The van der Waals surface area contributed by atoms with Crippen LogP contribution in [0.2, 0.25) is 0 Å². The molecule has 0 amide bonds. The van der Waals surface area contributed by atoms with Crippen LogP contribution in [0.15, 0.2) is 6.07 Å². The maximum atomic E-state index is 11.6. The van der Waals surface area contributed by atoms with Gasteiger partial charge >= 0.3 is 5.69 Å². The number of rotatable bonds is 6. The van der Waals surface area contributed by atoms with Gasteiger partial charge in [0.2, 0.25) is 0 Å². The highest BCUT2D eigenvalue weighted by molar-refractivity contribution is 5.79. The standard InChI is InChI=1S/C15H22N4O6/c1-10(21)8-16-3-5-17(6-4-16)15-13(18(22)23)7-12(9-20)11(2)14(15)19(24)25/h7,10,20-21H,3-6,8-9H2,1-2H3/t10-/m1/s1. The number of β-amino-alcohol motifs (C(OH)–C–C–N with tert-alkyl or cyclic N) is 1. The summed E-state index contributed by atoms with van der Waals surface area (Å²) in [5.41, 5.74) is -0.302. The van der Waals surface area contributed by atoms with E-state index in [1.54, 1.807) is 11.8 Å². The topological polar surface area (TPSA) is 133 Å². The van der Waals surface area contributed by atoms with Crippen molar-refractivity contribution in [1.82, 2.24) is 4.90 Å². The molecule has 0 aromatic heterocycles. The minimum Gasteiger partial charge on any atom is -0.392 e. The summed E-state index contributed by atoms with van der Waals surface area (Å²) in [5, 5.41) is 41.8. The lowest BCUT2D eigenvalue weighted by molar-refractivity contribution is -0.393. The molecular formula is C15H22N4O6. The van der Waals surface area contributed by atoms with Gasteiger partial charge in [0.05, 0.1) is 22.6 Å². The van der Waals surface area contributed by atoms with Crippen LogP contribution in [0.4, 0.5) is 17.1 Å². The van der Waals surface area contributed by atoms with Crippen LogP contribution >= 0.6 is 0 Å². The van der Waals surface area contributed by atoms with E-state index in [9.17, 15) is 30.4 Å². The Morgan fingerprint density at radius 1 is 1.20 bits per heavy atom. The molecule has 1 aliphatic heterocycles. The Kier molecular flexibility index (Phi) is 5.88. The Balaban J connectivity index is 2.44. The highest BCUT2D eigenvalue weighted by Gasteiger charge is 2.35. The summed E-state index contributed by atoms with van der Waals surface area (Å²) in [6, 6.07) is 1.21. The quantitative estimate of drug-likeness (QED) is 0.566. The SMILES string of the molecule is Cc1c(CO)cc([N+](=O)[O-])c(N2CCN(C[C@@H](C)O)CC2)c1[N+](=O)[O-]. The molecule has 1 aromatic rings. The van der Waals surface area contributed by atoms with Gasteiger partial charge < -0.3 is 15.1 Å². The van der Waals surface area contributed by atoms with E-state index >= 15 is 0 Å². The number of hydrogen-bond donors (Lipinski definition) is 2. The molecule has 0 saturated carbocycles. The van der Waals surface area contributed by atoms with Gasteiger partial charge in [-0.25, -0.2) is 0 Å². The fourth-order valence-corrected chi connectivity index (χ4v) is 3.16. The van der Waals surface area contributed by atoms with Crippen molar-refractivity contribution in [3.05, 3.63) is 37.4 Å². The molecular weight excluding hydrogens is 332 g/mol. The normalized spacial score (nSPS) is 16.7. The summed E-state index contributed by atoms with van der Waals surface area (Å²) in [4.78, 5) is 25.4. The Hall–Kier alpha value is -2.30. The summed E-state index contributed by atoms with van der Waals surface area (Å²) in [7, 11) is 0. The predicted molar refractivity (Wildman–Crippen MR) is 90.7 cm³/mol. The summed E-state index contributed by atoms with van der Waals surface area (Å²) in [5.74, 6) is 0. The maximum Gasteiger partial charge on any atom is 0.302 e. The van der Waals surface area contributed by atoms with Gasteiger partial charge in [0.25, 0.3) is 5.69 Å². The molecule has 2 rings (SSSR count). The lowest BCUT2D eigenvalue weighted by Crippen LogP contribution is -2.48. The maximum absolute atomic E-state index is 11.6. The third-order valence-corrected chi connectivity index (χ3v) is 4.38. The van der Waals surface area contributed by atoms with Gasteiger partial charge in [-0.1, -0.05) is 0 Å². The molecule has 2 N–H and O–H groups in total. The van der Waals surface area contributed by atoms with Crippen molar-refractivity contribution in [3.63, 3.8) is 0 Å². The molecule has 1 heterocycles. The second-order valence-corrected chi connectivity index (χ2v) is 6.19. The van der Waals surface area contributed by atoms with Gasteiger partial charge in [0.15, 0.2) is 5.69 Å². The van der Waals surface area contributed by atoms with E-state index in [-0.39, 0.29) is 28.2 Å². The molecule has 1 aromatic carbocycles. The Morgan fingerprint density at radius 3 is 2.24 bits per heavy atom. The number of aliphatic hydroxyl groups excluding tert-OH is 2. The van der Waals surface area contributed by atoms with Crippen LogP contribution < -0.4 is 4.90 Å². The van der Waals surface area contributed by atoms with Crippen LogP contribution in [0.25, 0.3) is 0 Å². The minimum atomic E-state index is -0.650. The van der Waals surface area contributed by atoms with Crippen LogP contribution in [-0.4, -0.2) is 63.8 Å². The van der Waals surface area contributed by atoms with Crippen LogP contribution in [0.5, 0.6) is 0 Å². The molecule has 25 heavy (non-hydrogen) atoms. The fourth-order valence-electron chi connectivity index (χ4n) is 3.16. The predicted octanol–water partition coefficient (Wildman–Crippen LogP) is 0.807. The molecule has 0 radical (unpaired) electrons. The first-order valence-corrected chi connectivity index (χ1v) is 7.97. The third kappa shape index (κ3) is 4.03. The number of hydrogen-bond acceptors (Lipinski definition) is 8. The van der Waals surface area contributed by atoms with Gasteiger partial charge in [-0.2, -0.15) is 0 Å². The van der Waals surface area contributed by atoms with Crippen molar-refractivity contribution in [2.75, 3.05) is 37.6 Å². The van der Waals surface area contributed by atoms with E-state index in [1.807, 2.05) is 4.90 Å². The molecule has 1 aliphatic rings. The van der Waals surface area contributed by atoms with Crippen molar-refractivity contribution in [2.24, 2.45) is 0 Å². The summed E-state index contributed by atoms with van der Waals surface area (Å²) in [6.07, 6.45) is -0.485. The summed E-state index contributed by atoms with van der Waals surface area (Å²) >= 11 is 0. The molecule has 10 nitrogen and oxygen atoms in total. The number of aliphatic hydroxyl groups is 2. The first-order chi connectivity index (χ1) is 11.8. The molecule has 0 unspecified atom stereocenters. The zero-order valence-electron chi connectivity index (χ0n) is 14.2. The fraction of sp³-hybridized carbons (Fsp3) is 0.600. The van der Waals surface area contributed by atoms with E-state index in [2.05, 4.69) is 0 Å². The Morgan fingerprint density at radius 2 is 1.80 bits per heavy atom. The van der Waals surface area contributed by atoms with E-state index in [1.165, 1.54) is 13.0 Å². The highest BCUT2D eigenvalue weighted by Crippen LogP contribution is 2.42. The van der Waals surface area contributed by atoms with Gasteiger partial charge in [-0.15, -0.1) is 0 Å². The van der Waals surface area contributed by atoms with Crippen molar-refractivity contribution in [2.45, 2.75) is 26.6 Å². The van der Waals surface area contributed by atoms with Crippen molar-refractivity contribution < 1.29 is 20.1 Å². The lowest BCUT2D eigenvalue weighted by Gasteiger charge is -2.36. The number of benzene rings is 1. The van der Waals surface area contributed by atoms with E-state index in [0.717, 1.165) is 0 Å². The average Bonchev–Trinajstić information content (AvgIpc) is 2.54. The van der Waals surface area contributed by atoms with Crippen LogP contribution in [0, 0.1) is 27.2 Å². The Labute approximate surface area is 144 Å². The molecule has 1 atom stereocenters. The number of piperazine rings is 1. The average molecular weight is 354 g/mol. The number of nitro groups is 2. The second kappa shape index (κ2) is 7.72. The lowest BCUT2D eigenvalue weighted by atomic mass is 10.0. The molecule has 10 heteroatoms. The van der Waals surface area contributed by atoms with Gasteiger partial charge in [-0.05, 0) is 19.4 Å². The smallest absolute Gasteiger partial charge is 0.302 e. The highest BCUT2D eigenvalue weighted by atomic mass is 16.6. The Bertz CT molecular complexity index is 670. The van der Waals surface area contributed by atoms with E-state index in [0.29, 0.717) is 32.7 Å². The molecule has 138 valence electrons. The van der Waals surface area contributed by atoms with Gasteiger partial charge in [0, 0.05) is 44.4 Å². The number of anilines is 1. The van der Waals surface area contributed by atoms with E-state index < -0.39 is 22.6 Å². The molecule has 0 aliphatic carbocycles. The molecule has 1 saturated heterocycles. The van der Waals surface area contributed by atoms with Crippen molar-refractivity contribution in [1.29, 1.82) is 0 Å². The summed E-state index contributed by atoms with van der Waals surface area (Å²) < 4.78 is 0. The molecule has 0 spiro atoms.